The summed E-state index contributed by atoms with van der Waals surface area (Å²) in [6.45, 7) is 9.96. The minimum absolute atomic E-state index is 0.157. The summed E-state index contributed by atoms with van der Waals surface area (Å²) in [5.74, 6) is 2.05. The van der Waals surface area contributed by atoms with Crippen LogP contribution in [-0.4, -0.2) is 35.6 Å². The minimum Gasteiger partial charge on any atom is -0.475 e. The average molecular weight is 390 g/mol. The van der Waals surface area contributed by atoms with Crippen LogP contribution in [0.5, 0.6) is 5.88 Å². The van der Waals surface area contributed by atoms with Gasteiger partial charge in [-0.1, -0.05) is 13.8 Å². The Morgan fingerprint density at radius 1 is 1.30 bits per heavy atom. The van der Waals surface area contributed by atoms with E-state index in [-0.39, 0.29) is 6.10 Å². The van der Waals surface area contributed by atoms with Gasteiger partial charge in [0.15, 0.2) is 5.96 Å². The van der Waals surface area contributed by atoms with Gasteiger partial charge >= 0.3 is 0 Å². The first-order valence-electron chi connectivity index (χ1n) is 9.43. The Hall–Kier alpha value is -2.15. The van der Waals surface area contributed by atoms with Gasteiger partial charge in [0, 0.05) is 44.2 Å². The molecule has 0 aliphatic heterocycles. The van der Waals surface area contributed by atoms with Crippen molar-refractivity contribution in [2.45, 2.75) is 53.2 Å². The van der Waals surface area contributed by atoms with Crippen LogP contribution < -0.4 is 15.4 Å². The average Bonchev–Trinajstić information content (AvgIpc) is 3.02. The number of rotatable bonds is 9. The SMILES string of the molecule is CN=C(NCCc1csc(C)n1)NCc1ccnc(OC(C)CC(C)C)c1. The number of guanidine groups is 1. The summed E-state index contributed by atoms with van der Waals surface area (Å²) in [7, 11) is 1.77. The lowest BCUT2D eigenvalue weighted by atomic mass is 10.1. The Morgan fingerprint density at radius 3 is 2.78 bits per heavy atom. The molecule has 1 unspecified atom stereocenters. The number of aliphatic imine (C=N–C) groups is 1. The number of nitrogens with one attached hydrogen (secondary N) is 2. The van der Waals surface area contributed by atoms with Crippen molar-refractivity contribution in [3.8, 4) is 5.88 Å². The van der Waals surface area contributed by atoms with Gasteiger partial charge in [-0.2, -0.15) is 0 Å². The first kappa shape index (κ1) is 21.2. The second-order valence-corrected chi connectivity index (χ2v) is 8.08. The lowest BCUT2D eigenvalue weighted by Gasteiger charge is -2.16. The lowest BCUT2D eigenvalue weighted by molar-refractivity contribution is 0.185. The van der Waals surface area contributed by atoms with Crippen LogP contribution in [0.2, 0.25) is 0 Å². The van der Waals surface area contributed by atoms with E-state index in [1.54, 1.807) is 24.6 Å². The van der Waals surface area contributed by atoms with Gasteiger partial charge in [-0.3, -0.25) is 4.99 Å². The quantitative estimate of drug-likeness (QED) is 0.507. The van der Waals surface area contributed by atoms with E-state index in [2.05, 4.69) is 51.7 Å². The Balaban J connectivity index is 1.79. The highest BCUT2D eigenvalue weighted by Crippen LogP contribution is 2.15. The van der Waals surface area contributed by atoms with Crippen molar-refractivity contribution in [2.75, 3.05) is 13.6 Å². The van der Waals surface area contributed by atoms with Gasteiger partial charge in [-0.15, -0.1) is 11.3 Å². The number of thiazole rings is 1. The molecule has 0 radical (unpaired) electrons. The number of hydrogen-bond donors (Lipinski definition) is 2. The highest BCUT2D eigenvalue weighted by atomic mass is 32.1. The van der Waals surface area contributed by atoms with E-state index < -0.39 is 0 Å². The molecule has 0 aromatic carbocycles. The van der Waals surface area contributed by atoms with Gasteiger partial charge < -0.3 is 15.4 Å². The minimum atomic E-state index is 0.157. The summed E-state index contributed by atoms with van der Waals surface area (Å²) in [4.78, 5) is 13.1. The largest absolute Gasteiger partial charge is 0.475 e. The van der Waals surface area contributed by atoms with Crippen LogP contribution in [0.3, 0.4) is 0 Å². The molecule has 0 aliphatic rings. The van der Waals surface area contributed by atoms with Crippen molar-refractivity contribution in [1.29, 1.82) is 0 Å². The number of pyridine rings is 1. The number of hydrogen-bond acceptors (Lipinski definition) is 5. The van der Waals surface area contributed by atoms with Crippen molar-refractivity contribution in [3.05, 3.63) is 40.0 Å². The van der Waals surface area contributed by atoms with Crippen molar-refractivity contribution in [1.82, 2.24) is 20.6 Å². The molecule has 0 amide bonds. The molecular formula is C20H31N5OS. The van der Waals surface area contributed by atoms with E-state index >= 15 is 0 Å². The zero-order valence-electron chi connectivity index (χ0n) is 17.0. The van der Waals surface area contributed by atoms with E-state index in [1.165, 1.54) is 0 Å². The molecule has 2 N–H and O–H groups in total. The Labute approximate surface area is 166 Å². The molecule has 0 saturated carbocycles. The van der Waals surface area contributed by atoms with Crippen LogP contribution in [0.25, 0.3) is 0 Å². The summed E-state index contributed by atoms with van der Waals surface area (Å²) < 4.78 is 5.92. The predicted octanol–water partition coefficient (Wildman–Crippen LogP) is 3.57. The second-order valence-electron chi connectivity index (χ2n) is 7.02. The molecule has 0 bridgehead atoms. The van der Waals surface area contributed by atoms with Gasteiger partial charge in [0.05, 0.1) is 16.8 Å². The zero-order chi connectivity index (χ0) is 19.6. The molecule has 0 saturated heterocycles. The molecule has 7 heteroatoms. The van der Waals surface area contributed by atoms with E-state index in [0.29, 0.717) is 18.3 Å². The molecule has 2 aromatic rings. The molecule has 0 fully saturated rings. The second kappa shape index (κ2) is 10.9. The summed E-state index contributed by atoms with van der Waals surface area (Å²) in [6.07, 6.45) is 3.84. The molecule has 6 nitrogen and oxygen atoms in total. The van der Waals surface area contributed by atoms with Crippen LogP contribution in [0, 0.1) is 12.8 Å². The molecule has 0 spiro atoms. The molecular weight excluding hydrogens is 358 g/mol. The normalized spacial score (nSPS) is 12.9. The first-order chi connectivity index (χ1) is 13.0. The summed E-state index contributed by atoms with van der Waals surface area (Å²) in [6, 6.07) is 3.97. The summed E-state index contributed by atoms with van der Waals surface area (Å²) in [5.41, 5.74) is 2.22. The van der Waals surface area contributed by atoms with Gasteiger partial charge in [-0.05, 0) is 37.8 Å². The molecule has 27 heavy (non-hydrogen) atoms. The van der Waals surface area contributed by atoms with Crippen LogP contribution in [0.4, 0.5) is 0 Å². The molecule has 0 aliphatic carbocycles. The fourth-order valence-corrected chi connectivity index (χ4v) is 3.43. The van der Waals surface area contributed by atoms with Crippen molar-refractivity contribution < 1.29 is 4.74 Å². The van der Waals surface area contributed by atoms with Gasteiger partial charge in [-0.25, -0.2) is 9.97 Å². The van der Waals surface area contributed by atoms with Gasteiger partial charge in [0.1, 0.15) is 0 Å². The predicted molar refractivity (Wildman–Crippen MR) is 113 cm³/mol. The fraction of sp³-hybridized carbons (Fsp3) is 0.550. The third-order valence-electron chi connectivity index (χ3n) is 3.95. The number of nitrogens with zero attached hydrogens (tertiary/aromatic N) is 3. The smallest absolute Gasteiger partial charge is 0.213 e. The van der Waals surface area contributed by atoms with Crippen LogP contribution in [-0.2, 0) is 13.0 Å². The van der Waals surface area contributed by atoms with Gasteiger partial charge in [0.2, 0.25) is 5.88 Å². The number of aryl methyl sites for hydroxylation is 1. The Kier molecular flexibility index (Phi) is 8.51. The molecule has 2 heterocycles. The van der Waals surface area contributed by atoms with Crippen LogP contribution >= 0.6 is 11.3 Å². The maximum Gasteiger partial charge on any atom is 0.213 e. The molecule has 1 atom stereocenters. The van der Waals surface area contributed by atoms with Crippen LogP contribution in [0.1, 0.15) is 43.5 Å². The topological polar surface area (TPSA) is 71.4 Å². The fourth-order valence-electron chi connectivity index (χ4n) is 2.78. The lowest BCUT2D eigenvalue weighted by Crippen LogP contribution is -2.37. The van der Waals surface area contributed by atoms with Crippen molar-refractivity contribution in [3.63, 3.8) is 0 Å². The summed E-state index contributed by atoms with van der Waals surface area (Å²) in [5, 5.41) is 9.86. The third-order valence-corrected chi connectivity index (χ3v) is 4.77. The molecule has 148 valence electrons. The van der Waals surface area contributed by atoms with Crippen molar-refractivity contribution in [2.24, 2.45) is 10.9 Å². The summed E-state index contributed by atoms with van der Waals surface area (Å²) >= 11 is 1.68. The maximum atomic E-state index is 5.92. The standard InChI is InChI=1S/C20H31N5OS/c1-14(2)10-15(3)26-19-11-17(6-8-22-19)12-24-20(21-5)23-9-7-18-13-27-16(4)25-18/h6,8,11,13-15H,7,9-10,12H2,1-5H3,(H2,21,23,24). The number of aromatic nitrogens is 2. The monoisotopic (exact) mass is 389 g/mol. The van der Waals surface area contributed by atoms with Crippen LogP contribution in [0.15, 0.2) is 28.7 Å². The van der Waals surface area contributed by atoms with E-state index in [0.717, 1.165) is 41.6 Å². The molecule has 2 rings (SSSR count). The number of ether oxygens (including phenoxy) is 1. The highest BCUT2D eigenvalue weighted by molar-refractivity contribution is 7.09. The Morgan fingerprint density at radius 2 is 2.11 bits per heavy atom. The van der Waals surface area contributed by atoms with Gasteiger partial charge in [0.25, 0.3) is 0 Å². The maximum absolute atomic E-state index is 5.92. The van der Waals surface area contributed by atoms with Crippen molar-refractivity contribution >= 4 is 17.3 Å². The Bertz CT molecular complexity index is 729. The zero-order valence-corrected chi connectivity index (χ0v) is 17.8. The third kappa shape index (κ3) is 7.95. The van der Waals surface area contributed by atoms with E-state index in [1.807, 2.05) is 19.1 Å². The van der Waals surface area contributed by atoms with E-state index in [4.69, 9.17) is 4.74 Å². The molecule has 2 aromatic heterocycles. The van der Waals surface area contributed by atoms with E-state index in [9.17, 15) is 0 Å². The highest BCUT2D eigenvalue weighted by Gasteiger charge is 2.08. The first-order valence-corrected chi connectivity index (χ1v) is 10.3.